The molecule has 2 aromatic heterocycles. The van der Waals surface area contributed by atoms with E-state index in [2.05, 4.69) is 73.1 Å². The molecular weight excluding hydrogens is 475 g/mol. The largest absolute Gasteiger partial charge is 0.481 e. The molecule has 3 heterocycles. The molecule has 0 unspecified atom stereocenters. The van der Waals surface area contributed by atoms with E-state index in [4.69, 9.17) is 4.74 Å². The smallest absolute Gasteiger partial charge is 0.213 e. The summed E-state index contributed by atoms with van der Waals surface area (Å²) in [5, 5.41) is 3.73. The zero-order valence-electron chi connectivity index (χ0n) is 16.8. The Hall–Kier alpha value is -1.77. The van der Waals surface area contributed by atoms with Crippen molar-refractivity contribution in [2.75, 3.05) is 26.7 Å². The molecule has 4 rings (SSSR count). The summed E-state index contributed by atoms with van der Waals surface area (Å²) in [4.78, 5) is 11.6. The Balaban J connectivity index is 1.27. The maximum absolute atomic E-state index is 5.29. The normalized spacial score (nSPS) is 15.7. The summed E-state index contributed by atoms with van der Waals surface area (Å²) in [5.74, 6) is 0.645. The van der Waals surface area contributed by atoms with Gasteiger partial charge in [-0.1, -0.05) is 12.1 Å². The van der Waals surface area contributed by atoms with E-state index in [-0.39, 0.29) is 0 Å². The lowest BCUT2D eigenvalue weighted by atomic mass is 10.0. The zero-order chi connectivity index (χ0) is 20.1. The highest BCUT2D eigenvalue weighted by Gasteiger charge is 2.19. The van der Waals surface area contributed by atoms with Gasteiger partial charge in [0.25, 0.3) is 0 Å². The van der Waals surface area contributed by atoms with Crippen LogP contribution in [0.1, 0.15) is 24.0 Å². The van der Waals surface area contributed by atoms with Gasteiger partial charge in [0.15, 0.2) is 0 Å². The molecule has 0 amide bonds. The van der Waals surface area contributed by atoms with Crippen molar-refractivity contribution in [2.24, 2.45) is 0 Å². The Bertz CT molecular complexity index is 939. The van der Waals surface area contributed by atoms with Gasteiger partial charge in [0.2, 0.25) is 5.88 Å². The number of nitrogens with zero attached hydrogens (tertiary/aromatic N) is 3. The number of nitrogens with one attached hydrogen (secondary N) is 1. The van der Waals surface area contributed by atoms with Gasteiger partial charge >= 0.3 is 0 Å². The summed E-state index contributed by atoms with van der Waals surface area (Å²) in [6.45, 7) is 4.30. The Morgan fingerprint density at radius 3 is 2.66 bits per heavy atom. The van der Waals surface area contributed by atoms with E-state index in [9.17, 15) is 0 Å². The van der Waals surface area contributed by atoms with E-state index >= 15 is 0 Å². The molecular formula is C23H27IN4O. The van der Waals surface area contributed by atoms with Gasteiger partial charge in [0.1, 0.15) is 0 Å². The van der Waals surface area contributed by atoms with Gasteiger partial charge in [-0.15, -0.1) is 0 Å². The zero-order valence-corrected chi connectivity index (χ0v) is 18.9. The van der Waals surface area contributed by atoms with Gasteiger partial charge in [0.05, 0.1) is 18.1 Å². The topological polar surface area (TPSA) is 50.3 Å². The number of ether oxygens (including phenoxy) is 1. The van der Waals surface area contributed by atoms with Crippen molar-refractivity contribution < 1.29 is 4.74 Å². The minimum Gasteiger partial charge on any atom is -0.481 e. The third-order valence-electron chi connectivity index (χ3n) is 5.64. The van der Waals surface area contributed by atoms with Crippen LogP contribution in [0.5, 0.6) is 5.88 Å². The third kappa shape index (κ3) is 5.43. The molecule has 3 aromatic rings. The van der Waals surface area contributed by atoms with Gasteiger partial charge in [-0.05, 0) is 90.3 Å². The summed E-state index contributed by atoms with van der Waals surface area (Å²) in [6.07, 6.45) is 5.27. The SMILES string of the molecule is COc1ccc2nccc(CCN3CCC(NCc4ccc(I)cc4)CC3)c2n1. The maximum Gasteiger partial charge on any atom is 0.213 e. The molecule has 0 aliphatic carbocycles. The number of aromatic nitrogens is 2. The highest BCUT2D eigenvalue weighted by atomic mass is 127. The lowest BCUT2D eigenvalue weighted by Crippen LogP contribution is -2.42. The number of halogens is 1. The first kappa shape index (κ1) is 20.5. The standard InChI is InChI=1S/C23H27IN4O/c1-29-22-7-6-21-23(27-22)18(8-12-25-21)9-13-28-14-10-20(11-15-28)26-16-17-2-4-19(24)5-3-17/h2-8,12,20,26H,9-11,13-16H2,1H3. The van der Waals surface area contributed by atoms with Crippen molar-refractivity contribution in [1.82, 2.24) is 20.2 Å². The molecule has 29 heavy (non-hydrogen) atoms. The Kier molecular flexibility index (Phi) is 6.94. The number of hydrogen-bond donors (Lipinski definition) is 1. The van der Waals surface area contributed by atoms with Crippen molar-refractivity contribution >= 4 is 33.6 Å². The minimum atomic E-state index is 0.609. The maximum atomic E-state index is 5.29. The molecule has 1 fully saturated rings. The number of benzene rings is 1. The number of hydrogen-bond acceptors (Lipinski definition) is 5. The van der Waals surface area contributed by atoms with Crippen molar-refractivity contribution in [3.05, 3.63) is 63.4 Å². The van der Waals surface area contributed by atoms with Gasteiger partial charge in [-0.25, -0.2) is 4.98 Å². The molecule has 1 aromatic carbocycles. The third-order valence-corrected chi connectivity index (χ3v) is 6.36. The number of methoxy groups -OCH3 is 1. The average Bonchev–Trinajstić information content (AvgIpc) is 2.77. The number of piperidine rings is 1. The van der Waals surface area contributed by atoms with Crippen LogP contribution in [0.25, 0.3) is 11.0 Å². The monoisotopic (exact) mass is 502 g/mol. The summed E-state index contributed by atoms with van der Waals surface area (Å²) >= 11 is 2.35. The highest BCUT2D eigenvalue weighted by molar-refractivity contribution is 14.1. The molecule has 1 aliphatic heterocycles. The molecule has 0 saturated carbocycles. The lowest BCUT2D eigenvalue weighted by molar-refractivity contribution is 0.199. The first-order chi connectivity index (χ1) is 14.2. The van der Waals surface area contributed by atoms with Gasteiger partial charge in [0, 0.05) is 35.0 Å². The molecule has 152 valence electrons. The van der Waals surface area contributed by atoms with E-state index in [1.54, 1.807) is 7.11 Å². The average molecular weight is 502 g/mol. The number of likely N-dealkylation sites (tertiary alicyclic amines) is 1. The van der Waals surface area contributed by atoms with Crippen LogP contribution in [0.15, 0.2) is 48.7 Å². The van der Waals surface area contributed by atoms with Crippen LogP contribution in [0, 0.1) is 3.57 Å². The molecule has 0 bridgehead atoms. The molecule has 0 radical (unpaired) electrons. The first-order valence-electron chi connectivity index (χ1n) is 10.2. The summed E-state index contributed by atoms with van der Waals surface area (Å²) in [7, 11) is 1.65. The number of rotatable bonds is 7. The predicted molar refractivity (Wildman–Crippen MR) is 125 cm³/mol. The predicted octanol–water partition coefficient (Wildman–Crippen LogP) is 4.04. The van der Waals surface area contributed by atoms with Gasteiger partial charge < -0.3 is 15.0 Å². The Labute approximate surface area is 186 Å². The van der Waals surface area contributed by atoms with Crippen molar-refractivity contribution in [3.63, 3.8) is 0 Å². The molecule has 0 atom stereocenters. The first-order valence-corrected chi connectivity index (χ1v) is 11.3. The molecule has 1 aliphatic rings. The van der Waals surface area contributed by atoms with Crippen LogP contribution >= 0.6 is 22.6 Å². The van der Waals surface area contributed by atoms with Gasteiger partial charge in [-0.3, -0.25) is 4.98 Å². The molecule has 1 saturated heterocycles. The quantitative estimate of drug-likeness (QED) is 0.495. The molecule has 1 N–H and O–H groups in total. The number of fused-ring (bicyclic) bond motifs is 1. The van der Waals surface area contributed by atoms with E-state index in [0.717, 1.165) is 43.6 Å². The summed E-state index contributed by atoms with van der Waals surface area (Å²) < 4.78 is 6.57. The van der Waals surface area contributed by atoms with Crippen LogP contribution in [0.4, 0.5) is 0 Å². The molecule has 5 nitrogen and oxygen atoms in total. The van der Waals surface area contributed by atoms with Crippen molar-refractivity contribution in [3.8, 4) is 5.88 Å². The summed E-state index contributed by atoms with van der Waals surface area (Å²) in [5.41, 5.74) is 4.50. The van der Waals surface area contributed by atoms with Gasteiger partial charge in [-0.2, -0.15) is 0 Å². The van der Waals surface area contributed by atoms with E-state index < -0.39 is 0 Å². The minimum absolute atomic E-state index is 0.609. The second-order valence-corrected chi connectivity index (χ2v) is 8.81. The van der Waals surface area contributed by atoms with Crippen LogP contribution < -0.4 is 10.1 Å². The van der Waals surface area contributed by atoms with Crippen molar-refractivity contribution in [2.45, 2.75) is 31.8 Å². The second kappa shape index (κ2) is 9.82. The summed E-state index contributed by atoms with van der Waals surface area (Å²) in [6, 6.07) is 15.3. The van der Waals surface area contributed by atoms with Crippen LogP contribution in [-0.2, 0) is 13.0 Å². The molecule has 6 heteroatoms. The van der Waals surface area contributed by atoms with Crippen LogP contribution in [0.3, 0.4) is 0 Å². The van der Waals surface area contributed by atoms with E-state index in [1.807, 2.05) is 18.3 Å². The molecule has 0 spiro atoms. The van der Waals surface area contributed by atoms with Crippen LogP contribution in [0.2, 0.25) is 0 Å². The lowest BCUT2D eigenvalue weighted by Gasteiger charge is -2.32. The van der Waals surface area contributed by atoms with Crippen LogP contribution in [-0.4, -0.2) is 47.7 Å². The highest BCUT2D eigenvalue weighted by Crippen LogP contribution is 2.20. The van der Waals surface area contributed by atoms with Crippen molar-refractivity contribution in [1.29, 1.82) is 0 Å². The fraction of sp³-hybridized carbons (Fsp3) is 0.391. The fourth-order valence-electron chi connectivity index (χ4n) is 3.88. The Morgan fingerprint density at radius 1 is 1.10 bits per heavy atom. The van der Waals surface area contributed by atoms with E-state index in [0.29, 0.717) is 11.9 Å². The number of pyridine rings is 2. The second-order valence-electron chi connectivity index (χ2n) is 7.56. The van der Waals surface area contributed by atoms with E-state index in [1.165, 1.54) is 27.5 Å². The fourth-order valence-corrected chi connectivity index (χ4v) is 4.24. The Morgan fingerprint density at radius 2 is 1.90 bits per heavy atom.